The molecule has 0 fully saturated rings. The summed E-state index contributed by atoms with van der Waals surface area (Å²) in [5.41, 5.74) is 3.86. The van der Waals surface area contributed by atoms with Crippen molar-refractivity contribution >= 4 is 17.3 Å². The Kier molecular flexibility index (Phi) is 5.02. The summed E-state index contributed by atoms with van der Waals surface area (Å²) in [7, 11) is 1.63. The quantitative estimate of drug-likeness (QED) is 0.603. The van der Waals surface area contributed by atoms with Gasteiger partial charge in [0.25, 0.3) is 0 Å². The van der Waals surface area contributed by atoms with Crippen molar-refractivity contribution < 1.29 is 14.3 Å². The number of anilines is 2. The molecule has 0 aliphatic carbocycles. The Morgan fingerprint density at radius 2 is 1.68 bits per heavy atom. The third-order valence-electron chi connectivity index (χ3n) is 5.08. The van der Waals surface area contributed by atoms with Gasteiger partial charge in [-0.25, -0.2) is 0 Å². The molecule has 0 saturated carbocycles. The smallest absolute Gasteiger partial charge is 0.239 e. The van der Waals surface area contributed by atoms with E-state index in [0.717, 1.165) is 28.3 Å². The molecular weight excluding hydrogens is 350 g/mol. The number of benzene rings is 3. The first-order chi connectivity index (χ1) is 13.7. The molecule has 0 saturated heterocycles. The van der Waals surface area contributed by atoms with E-state index in [2.05, 4.69) is 0 Å². The van der Waals surface area contributed by atoms with Gasteiger partial charge < -0.3 is 9.47 Å². The molecule has 1 aliphatic heterocycles. The number of methoxy groups -OCH3 is 1. The highest BCUT2D eigenvalue weighted by atomic mass is 16.5. The minimum atomic E-state index is -0.261. The number of ether oxygens (including phenoxy) is 2. The first-order valence-corrected chi connectivity index (χ1v) is 9.51. The van der Waals surface area contributed by atoms with E-state index in [-0.39, 0.29) is 11.8 Å². The average Bonchev–Trinajstić information content (AvgIpc) is 3.01. The van der Waals surface area contributed by atoms with E-state index in [1.54, 1.807) is 7.11 Å². The van der Waals surface area contributed by atoms with Crippen LogP contribution in [0.4, 0.5) is 11.4 Å². The number of rotatable bonds is 6. The number of carbonyl (C=O) groups excluding carboxylic acids is 1. The minimum absolute atomic E-state index is 0.0812. The lowest BCUT2D eigenvalue weighted by Crippen LogP contribution is -2.24. The third kappa shape index (κ3) is 3.11. The largest absolute Gasteiger partial charge is 0.493 e. The molecule has 0 aromatic heterocycles. The zero-order chi connectivity index (χ0) is 19.5. The SMILES string of the molecule is CCOc1c(C[C@H]2C(=O)N(c3ccccc3)c3ccccc32)cccc1OC. The molecule has 28 heavy (non-hydrogen) atoms. The lowest BCUT2D eigenvalue weighted by molar-refractivity contribution is -0.118. The van der Waals surface area contributed by atoms with Gasteiger partial charge in [0.05, 0.1) is 25.3 Å². The lowest BCUT2D eigenvalue weighted by Gasteiger charge is -2.19. The van der Waals surface area contributed by atoms with Crippen molar-refractivity contribution in [2.24, 2.45) is 0 Å². The van der Waals surface area contributed by atoms with Crippen LogP contribution >= 0.6 is 0 Å². The van der Waals surface area contributed by atoms with Gasteiger partial charge in [-0.05, 0) is 48.7 Å². The van der Waals surface area contributed by atoms with Crippen molar-refractivity contribution in [1.29, 1.82) is 0 Å². The fourth-order valence-corrected chi connectivity index (χ4v) is 3.84. The molecule has 0 radical (unpaired) electrons. The summed E-state index contributed by atoms with van der Waals surface area (Å²) in [6, 6.07) is 23.6. The Hall–Kier alpha value is -3.27. The van der Waals surface area contributed by atoms with Crippen LogP contribution in [-0.2, 0) is 11.2 Å². The first-order valence-electron chi connectivity index (χ1n) is 9.51. The number of para-hydroxylation sites is 3. The Balaban J connectivity index is 1.75. The highest BCUT2D eigenvalue weighted by Crippen LogP contribution is 2.44. The second-order valence-corrected chi connectivity index (χ2v) is 6.71. The van der Waals surface area contributed by atoms with E-state index in [1.807, 2.05) is 84.6 Å². The predicted molar refractivity (Wildman–Crippen MR) is 111 cm³/mol. The normalized spacial score (nSPS) is 15.4. The van der Waals surface area contributed by atoms with Crippen LogP contribution in [0.1, 0.15) is 24.0 Å². The van der Waals surface area contributed by atoms with Crippen LogP contribution in [0.2, 0.25) is 0 Å². The maximum absolute atomic E-state index is 13.4. The molecule has 0 unspecified atom stereocenters. The fraction of sp³-hybridized carbons (Fsp3) is 0.208. The van der Waals surface area contributed by atoms with Gasteiger partial charge in [0.15, 0.2) is 11.5 Å². The van der Waals surface area contributed by atoms with E-state index in [4.69, 9.17) is 9.47 Å². The summed E-state index contributed by atoms with van der Waals surface area (Å²) in [5.74, 6) is 1.23. The van der Waals surface area contributed by atoms with Gasteiger partial charge in [0.1, 0.15) is 0 Å². The van der Waals surface area contributed by atoms with Crippen molar-refractivity contribution in [3.05, 3.63) is 83.9 Å². The van der Waals surface area contributed by atoms with Crippen LogP contribution in [0.15, 0.2) is 72.8 Å². The standard InChI is InChI=1S/C24H23NO3/c1-3-28-23-17(10-9-15-22(23)27-2)16-20-19-13-7-8-14-21(19)25(24(20)26)18-11-5-4-6-12-18/h4-15,20H,3,16H2,1-2H3/t20-/m1/s1. The molecule has 4 heteroatoms. The Labute approximate surface area is 165 Å². The molecule has 3 aromatic rings. The van der Waals surface area contributed by atoms with Gasteiger partial charge in [-0.15, -0.1) is 0 Å². The molecule has 1 aliphatic rings. The van der Waals surface area contributed by atoms with Gasteiger partial charge >= 0.3 is 0 Å². The molecule has 0 bridgehead atoms. The molecule has 0 spiro atoms. The molecule has 4 nitrogen and oxygen atoms in total. The Morgan fingerprint density at radius 1 is 0.929 bits per heavy atom. The number of nitrogens with zero attached hydrogens (tertiary/aromatic N) is 1. The van der Waals surface area contributed by atoms with Crippen LogP contribution in [-0.4, -0.2) is 19.6 Å². The summed E-state index contributed by atoms with van der Waals surface area (Å²) in [6.45, 7) is 2.49. The van der Waals surface area contributed by atoms with Crippen LogP contribution in [0, 0.1) is 0 Å². The molecular formula is C24H23NO3. The fourth-order valence-electron chi connectivity index (χ4n) is 3.84. The maximum atomic E-state index is 13.4. The van der Waals surface area contributed by atoms with Gasteiger partial charge in [0.2, 0.25) is 5.91 Å². The number of hydrogen-bond acceptors (Lipinski definition) is 3. The monoisotopic (exact) mass is 373 g/mol. The summed E-state index contributed by atoms with van der Waals surface area (Å²) in [4.78, 5) is 15.3. The molecule has 3 aromatic carbocycles. The number of hydrogen-bond donors (Lipinski definition) is 0. The minimum Gasteiger partial charge on any atom is -0.493 e. The van der Waals surface area contributed by atoms with Crippen molar-refractivity contribution in [2.75, 3.05) is 18.6 Å². The molecule has 4 rings (SSSR count). The van der Waals surface area contributed by atoms with E-state index >= 15 is 0 Å². The molecule has 1 heterocycles. The number of carbonyl (C=O) groups is 1. The zero-order valence-electron chi connectivity index (χ0n) is 16.1. The van der Waals surface area contributed by atoms with Crippen LogP contribution in [0.5, 0.6) is 11.5 Å². The van der Waals surface area contributed by atoms with Gasteiger partial charge in [-0.1, -0.05) is 48.5 Å². The summed E-state index contributed by atoms with van der Waals surface area (Å²) in [6.07, 6.45) is 0.561. The molecule has 0 N–H and O–H groups in total. The molecule has 142 valence electrons. The third-order valence-corrected chi connectivity index (χ3v) is 5.08. The van der Waals surface area contributed by atoms with Crippen molar-refractivity contribution in [3.63, 3.8) is 0 Å². The maximum Gasteiger partial charge on any atom is 0.239 e. The van der Waals surface area contributed by atoms with E-state index in [0.29, 0.717) is 18.8 Å². The van der Waals surface area contributed by atoms with E-state index in [9.17, 15) is 4.79 Å². The summed E-state index contributed by atoms with van der Waals surface area (Å²) >= 11 is 0. The predicted octanol–water partition coefficient (Wildman–Crippen LogP) is 5.10. The van der Waals surface area contributed by atoms with E-state index in [1.165, 1.54) is 0 Å². The Bertz CT molecular complexity index is 984. The second kappa shape index (κ2) is 7.77. The van der Waals surface area contributed by atoms with Gasteiger partial charge in [-0.3, -0.25) is 9.69 Å². The molecule has 1 atom stereocenters. The van der Waals surface area contributed by atoms with Crippen molar-refractivity contribution in [3.8, 4) is 11.5 Å². The highest BCUT2D eigenvalue weighted by Gasteiger charge is 2.38. The zero-order valence-corrected chi connectivity index (χ0v) is 16.1. The number of fused-ring (bicyclic) bond motifs is 1. The van der Waals surface area contributed by atoms with Crippen LogP contribution < -0.4 is 14.4 Å². The van der Waals surface area contributed by atoms with Crippen LogP contribution in [0.3, 0.4) is 0 Å². The second-order valence-electron chi connectivity index (χ2n) is 6.71. The Morgan fingerprint density at radius 3 is 2.43 bits per heavy atom. The van der Waals surface area contributed by atoms with Crippen LogP contribution in [0.25, 0.3) is 0 Å². The highest BCUT2D eigenvalue weighted by molar-refractivity contribution is 6.10. The summed E-state index contributed by atoms with van der Waals surface area (Å²) < 4.78 is 11.3. The average molecular weight is 373 g/mol. The first kappa shape index (κ1) is 18.1. The summed E-state index contributed by atoms with van der Waals surface area (Å²) in [5, 5.41) is 0. The lowest BCUT2D eigenvalue weighted by atomic mass is 9.92. The number of amides is 1. The van der Waals surface area contributed by atoms with Gasteiger partial charge in [-0.2, -0.15) is 0 Å². The van der Waals surface area contributed by atoms with Crippen molar-refractivity contribution in [2.45, 2.75) is 19.3 Å². The van der Waals surface area contributed by atoms with E-state index < -0.39 is 0 Å². The van der Waals surface area contributed by atoms with Gasteiger partial charge in [0, 0.05) is 5.69 Å². The topological polar surface area (TPSA) is 38.8 Å². The van der Waals surface area contributed by atoms with Crippen molar-refractivity contribution in [1.82, 2.24) is 0 Å². The molecule has 1 amide bonds.